The van der Waals surface area contributed by atoms with Crippen molar-refractivity contribution in [2.45, 2.75) is 6.92 Å². The summed E-state index contributed by atoms with van der Waals surface area (Å²) in [4.78, 5) is 13.6. The van der Waals surface area contributed by atoms with E-state index >= 15 is 0 Å². The minimum Gasteiger partial charge on any atom is -0.338 e. The summed E-state index contributed by atoms with van der Waals surface area (Å²) in [6.07, 6.45) is 0. The van der Waals surface area contributed by atoms with E-state index in [0.717, 1.165) is 5.56 Å². The van der Waals surface area contributed by atoms with Crippen molar-refractivity contribution in [2.24, 2.45) is 0 Å². The number of rotatable bonds is 4. The zero-order valence-corrected chi connectivity index (χ0v) is 9.00. The molecule has 0 aromatic heterocycles. The van der Waals surface area contributed by atoms with Crippen LogP contribution in [0.15, 0.2) is 30.3 Å². The van der Waals surface area contributed by atoms with Gasteiger partial charge in [-0.25, -0.2) is 0 Å². The summed E-state index contributed by atoms with van der Waals surface area (Å²) in [6.45, 7) is 3.25. The lowest BCUT2D eigenvalue weighted by molar-refractivity contribution is 0.0774. The van der Waals surface area contributed by atoms with Gasteiger partial charge in [0.2, 0.25) is 0 Å². The standard InChI is InChI=1S/C11H14ClNO/c1-2-13(9-8-12)11(14)10-6-4-3-5-7-10/h3-7H,2,8-9H2,1H3. The number of halogens is 1. The normalized spacial score (nSPS) is 9.86. The molecule has 0 saturated heterocycles. The van der Waals surface area contributed by atoms with Crippen molar-refractivity contribution in [2.75, 3.05) is 19.0 Å². The van der Waals surface area contributed by atoms with Gasteiger partial charge in [0, 0.05) is 24.5 Å². The van der Waals surface area contributed by atoms with Gasteiger partial charge >= 0.3 is 0 Å². The highest BCUT2D eigenvalue weighted by atomic mass is 35.5. The van der Waals surface area contributed by atoms with E-state index in [1.807, 2.05) is 37.3 Å². The Balaban J connectivity index is 2.73. The predicted octanol–water partition coefficient (Wildman–Crippen LogP) is 2.39. The quantitative estimate of drug-likeness (QED) is 0.701. The maximum atomic E-state index is 11.8. The van der Waals surface area contributed by atoms with E-state index in [-0.39, 0.29) is 5.91 Å². The van der Waals surface area contributed by atoms with Gasteiger partial charge in [-0.05, 0) is 19.1 Å². The molecule has 0 aliphatic rings. The first-order valence-electron chi connectivity index (χ1n) is 4.70. The highest BCUT2D eigenvalue weighted by Crippen LogP contribution is 2.04. The molecule has 14 heavy (non-hydrogen) atoms. The Labute approximate surface area is 89.5 Å². The first kappa shape index (κ1) is 11.1. The van der Waals surface area contributed by atoms with Crippen molar-refractivity contribution in [1.29, 1.82) is 0 Å². The van der Waals surface area contributed by atoms with E-state index in [1.54, 1.807) is 4.90 Å². The second kappa shape index (κ2) is 5.66. The lowest BCUT2D eigenvalue weighted by atomic mass is 10.2. The second-order valence-electron chi connectivity index (χ2n) is 2.94. The molecule has 0 unspecified atom stereocenters. The first-order chi connectivity index (χ1) is 6.79. The van der Waals surface area contributed by atoms with E-state index in [2.05, 4.69) is 0 Å². The topological polar surface area (TPSA) is 20.3 Å². The fourth-order valence-corrected chi connectivity index (χ4v) is 1.47. The summed E-state index contributed by atoms with van der Waals surface area (Å²) >= 11 is 5.61. The number of nitrogens with zero attached hydrogens (tertiary/aromatic N) is 1. The molecule has 76 valence electrons. The molecule has 0 atom stereocenters. The van der Waals surface area contributed by atoms with E-state index in [9.17, 15) is 4.79 Å². The van der Waals surface area contributed by atoms with Crippen LogP contribution in [0.2, 0.25) is 0 Å². The number of hydrogen-bond acceptors (Lipinski definition) is 1. The summed E-state index contributed by atoms with van der Waals surface area (Å²) < 4.78 is 0. The largest absolute Gasteiger partial charge is 0.338 e. The third kappa shape index (κ3) is 2.74. The molecule has 3 heteroatoms. The van der Waals surface area contributed by atoms with Gasteiger partial charge in [-0.3, -0.25) is 4.79 Å². The predicted molar refractivity (Wildman–Crippen MR) is 58.7 cm³/mol. The van der Waals surface area contributed by atoms with Crippen LogP contribution in [0.1, 0.15) is 17.3 Å². The molecule has 0 saturated carbocycles. The second-order valence-corrected chi connectivity index (χ2v) is 3.32. The highest BCUT2D eigenvalue weighted by molar-refractivity contribution is 6.18. The number of carbonyl (C=O) groups excluding carboxylic acids is 1. The fourth-order valence-electron chi connectivity index (χ4n) is 1.27. The Kier molecular flexibility index (Phi) is 4.47. The maximum absolute atomic E-state index is 11.8. The Morgan fingerprint density at radius 2 is 2.00 bits per heavy atom. The molecule has 0 bridgehead atoms. The molecule has 2 nitrogen and oxygen atoms in total. The van der Waals surface area contributed by atoms with E-state index in [1.165, 1.54) is 0 Å². The number of amides is 1. The van der Waals surface area contributed by atoms with Gasteiger partial charge in [0.25, 0.3) is 5.91 Å². The number of benzene rings is 1. The van der Waals surface area contributed by atoms with Gasteiger partial charge in [-0.1, -0.05) is 18.2 Å². The molecule has 0 fully saturated rings. The van der Waals surface area contributed by atoms with Crippen LogP contribution in [0, 0.1) is 0 Å². The Morgan fingerprint density at radius 1 is 1.36 bits per heavy atom. The summed E-state index contributed by atoms with van der Waals surface area (Å²) in [7, 11) is 0. The van der Waals surface area contributed by atoms with Crippen LogP contribution in [-0.2, 0) is 0 Å². The molecule has 0 aliphatic heterocycles. The van der Waals surface area contributed by atoms with E-state index in [0.29, 0.717) is 19.0 Å². The van der Waals surface area contributed by atoms with Crippen LogP contribution < -0.4 is 0 Å². The minimum absolute atomic E-state index is 0.0498. The molecular weight excluding hydrogens is 198 g/mol. The van der Waals surface area contributed by atoms with Crippen molar-refractivity contribution in [3.63, 3.8) is 0 Å². The number of alkyl halides is 1. The van der Waals surface area contributed by atoms with Crippen LogP contribution in [0.5, 0.6) is 0 Å². The maximum Gasteiger partial charge on any atom is 0.253 e. The molecule has 1 rings (SSSR count). The van der Waals surface area contributed by atoms with Crippen molar-refractivity contribution in [3.8, 4) is 0 Å². The van der Waals surface area contributed by atoms with Crippen molar-refractivity contribution in [1.82, 2.24) is 4.90 Å². The third-order valence-electron chi connectivity index (χ3n) is 2.04. The molecule has 1 aromatic rings. The van der Waals surface area contributed by atoms with E-state index < -0.39 is 0 Å². The molecule has 0 N–H and O–H groups in total. The SMILES string of the molecule is CCN(CCCl)C(=O)c1ccccc1. The fraction of sp³-hybridized carbons (Fsp3) is 0.364. The van der Waals surface area contributed by atoms with Crippen LogP contribution in [0.4, 0.5) is 0 Å². The van der Waals surface area contributed by atoms with Crippen LogP contribution >= 0.6 is 11.6 Å². The van der Waals surface area contributed by atoms with Gasteiger partial charge in [-0.2, -0.15) is 0 Å². The molecule has 1 aromatic carbocycles. The molecule has 0 heterocycles. The third-order valence-corrected chi connectivity index (χ3v) is 2.21. The van der Waals surface area contributed by atoms with Crippen LogP contribution in [0.25, 0.3) is 0 Å². The zero-order chi connectivity index (χ0) is 10.4. The molecule has 0 aliphatic carbocycles. The minimum atomic E-state index is 0.0498. The van der Waals surface area contributed by atoms with E-state index in [4.69, 9.17) is 11.6 Å². The van der Waals surface area contributed by atoms with Crippen molar-refractivity contribution >= 4 is 17.5 Å². The summed E-state index contributed by atoms with van der Waals surface area (Å²) in [5.41, 5.74) is 0.722. The van der Waals surface area contributed by atoms with Gasteiger partial charge in [0.15, 0.2) is 0 Å². The van der Waals surface area contributed by atoms with Gasteiger partial charge in [0.05, 0.1) is 0 Å². The lowest BCUT2D eigenvalue weighted by Gasteiger charge is -2.19. The molecule has 0 radical (unpaired) electrons. The smallest absolute Gasteiger partial charge is 0.253 e. The summed E-state index contributed by atoms with van der Waals surface area (Å²) in [6, 6.07) is 9.26. The first-order valence-corrected chi connectivity index (χ1v) is 5.23. The lowest BCUT2D eigenvalue weighted by Crippen LogP contribution is -2.32. The molecular formula is C11H14ClNO. The van der Waals surface area contributed by atoms with Gasteiger partial charge in [0.1, 0.15) is 0 Å². The van der Waals surface area contributed by atoms with Crippen molar-refractivity contribution < 1.29 is 4.79 Å². The molecule has 0 spiro atoms. The average molecular weight is 212 g/mol. The monoisotopic (exact) mass is 211 g/mol. The van der Waals surface area contributed by atoms with Crippen LogP contribution in [0.3, 0.4) is 0 Å². The number of carbonyl (C=O) groups is 1. The zero-order valence-electron chi connectivity index (χ0n) is 8.24. The number of hydrogen-bond donors (Lipinski definition) is 0. The van der Waals surface area contributed by atoms with Gasteiger partial charge < -0.3 is 4.90 Å². The van der Waals surface area contributed by atoms with Gasteiger partial charge in [-0.15, -0.1) is 11.6 Å². The summed E-state index contributed by atoms with van der Waals surface area (Å²) in [5, 5.41) is 0. The Morgan fingerprint density at radius 3 is 2.50 bits per heavy atom. The average Bonchev–Trinajstić information content (AvgIpc) is 2.26. The summed E-state index contributed by atoms with van der Waals surface area (Å²) in [5.74, 6) is 0.528. The molecule has 1 amide bonds. The van der Waals surface area contributed by atoms with Crippen molar-refractivity contribution in [3.05, 3.63) is 35.9 Å². The Hall–Kier alpha value is -1.02. The highest BCUT2D eigenvalue weighted by Gasteiger charge is 2.12. The Bertz CT molecular complexity index is 287. The van der Waals surface area contributed by atoms with Crippen LogP contribution in [-0.4, -0.2) is 29.8 Å².